The fourth-order valence-electron chi connectivity index (χ4n) is 1.42. The van der Waals surface area contributed by atoms with Gasteiger partial charge in [-0.1, -0.05) is 0 Å². The van der Waals surface area contributed by atoms with Crippen LogP contribution in [0.2, 0.25) is 0 Å². The lowest BCUT2D eigenvalue weighted by Gasteiger charge is -2.09. The van der Waals surface area contributed by atoms with Gasteiger partial charge in [0, 0.05) is 6.07 Å². The first kappa shape index (κ1) is 13.8. The zero-order valence-electron chi connectivity index (χ0n) is 9.62. The van der Waals surface area contributed by atoms with Crippen LogP contribution < -0.4 is 5.32 Å². The zero-order valence-corrected chi connectivity index (χ0v) is 9.62. The van der Waals surface area contributed by atoms with Crippen LogP contribution >= 0.6 is 0 Å². The van der Waals surface area contributed by atoms with Crippen LogP contribution in [-0.2, 0) is 0 Å². The molecule has 0 aliphatic heterocycles. The predicted octanol–water partition coefficient (Wildman–Crippen LogP) is 3.08. The monoisotopic (exact) mass is 286 g/mol. The fourth-order valence-corrected chi connectivity index (χ4v) is 1.42. The van der Waals surface area contributed by atoms with E-state index in [0.717, 1.165) is 18.3 Å². The summed E-state index contributed by atoms with van der Waals surface area (Å²) in [5.74, 6) is -7.58. The number of hydrogen-bond acceptors (Lipinski definition) is 3. The quantitative estimate of drug-likeness (QED) is 0.672. The van der Waals surface area contributed by atoms with Gasteiger partial charge in [0.2, 0.25) is 0 Å². The molecular weight excluding hydrogens is 280 g/mol. The molecule has 0 unspecified atom stereocenters. The molecule has 0 saturated heterocycles. The van der Waals surface area contributed by atoms with Crippen LogP contribution in [0.4, 0.5) is 28.9 Å². The Morgan fingerprint density at radius 2 is 1.70 bits per heavy atom. The molecular formula is C12H6F4N2O2. The highest BCUT2D eigenvalue weighted by Gasteiger charge is 2.19. The summed E-state index contributed by atoms with van der Waals surface area (Å²) in [6, 6.07) is 2.30. The number of carbonyl (C=O) groups is 1. The van der Waals surface area contributed by atoms with Crippen molar-refractivity contribution in [1.82, 2.24) is 4.98 Å². The fraction of sp³-hybridized carbons (Fsp3) is 0. The maximum atomic E-state index is 13.4. The number of anilines is 2. The number of nitrogens with one attached hydrogen (secondary N) is 1. The lowest BCUT2D eigenvalue weighted by Crippen LogP contribution is -2.04. The molecule has 0 aliphatic carbocycles. The first-order valence-corrected chi connectivity index (χ1v) is 5.19. The van der Waals surface area contributed by atoms with Crippen molar-refractivity contribution in [3.63, 3.8) is 0 Å². The third-order valence-electron chi connectivity index (χ3n) is 2.36. The first-order valence-electron chi connectivity index (χ1n) is 5.19. The maximum Gasteiger partial charge on any atom is 0.354 e. The summed E-state index contributed by atoms with van der Waals surface area (Å²) in [6.07, 6.45) is 0.963. The number of aromatic carboxylic acids is 1. The van der Waals surface area contributed by atoms with Crippen LogP contribution in [0.1, 0.15) is 10.5 Å². The Bertz CT molecular complexity index is 648. The van der Waals surface area contributed by atoms with E-state index in [-0.39, 0.29) is 17.4 Å². The Labute approximate surface area is 109 Å². The van der Waals surface area contributed by atoms with Gasteiger partial charge in [-0.25, -0.2) is 27.3 Å². The topological polar surface area (TPSA) is 62.2 Å². The molecule has 0 aliphatic rings. The minimum Gasteiger partial charge on any atom is -0.477 e. The van der Waals surface area contributed by atoms with Gasteiger partial charge in [-0.15, -0.1) is 0 Å². The van der Waals surface area contributed by atoms with Gasteiger partial charge in [0.25, 0.3) is 0 Å². The molecule has 0 saturated carbocycles. The molecule has 1 aromatic carbocycles. The molecule has 1 heterocycles. The molecule has 2 aromatic rings. The van der Waals surface area contributed by atoms with Crippen molar-refractivity contribution in [1.29, 1.82) is 0 Å². The number of benzene rings is 1. The minimum absolute atomic E-state index is 0.0298. The largest absolute Gasteiger partial charge is 0.477 e. The standard InChI is InChI=1S/C12H6F4N2O2/c13-6-3-7(14)10(16)11(9(6)15)18-5-1-2-8(12(19)20)17-4-5/h1-4,18H,(H,19,20). The second-order valence-electron chi connectivity index (χ2n) is 3.71. The molecule has 2 rings (SSSR count). The Morgan fingerprint density at radius 3 is 2.15 bits per heavy atom. The number of aromatic nitrogens is 1. The van der Waals surface area contributed by atoms with E-state index < -0.39 is 34.9 Å². The highest BCUT2D eigenvalue weighted by molar-refractivity contribution is 5.85. The SMILES string of the molecule is O=C(O)c1ccc(Nc2c(F)c(F)cc(F)c2F)cn1. The molecule has 104 valence electrons. The molecule has 0 radical (unpaired) electrons. The Kier molecular flexibility index (Phi) is 3.55. The predicted molar refractivity (Wildman–Crippen MR) is 60.8 cm³/mol. The summed E-state index contributed by atoms with van der Waals surface area (Å²) < 4.78 is 52.7. The summed E-state index contributed by atoms with van der Waals surface area (Å²) in [4.78, 5) is 14.1. The van der Waals surface area contributed by atoms with Crippen molar-refractivity contribution >= 4 is 17.3 Å². The smallest absolute Gasteiger partial charge is 0.354 e. The van der Waals surface area contributed by atoms with Crippen molar-refractivity contribution < 1.29 is 27.5 Å². The van der Waals surface area contributed by atoms with Gasteiger partial charge in [0.1, 0.15) is 11.4 Å². The second kappa shape index (κ2) is 5.16. The molecule has 0 amide bonds. The summed E-state index contributed by atoms with van der Waals surface area (Å²) in [5, 5.41) is 10.7. The number of pyridine rings is 1. The average Bonchev–Trinajstić information content (AvgIpc) is 2.42. The van der Waals surface area contributed by atoms with E-state index in [2.05, 4.69) is 10.3 Å². The normalized spacial score (nSPS) is 10.4. The highest BCUT2D eigenvalue weighted by atomic mass is 19.2. The number of halogens is 4. The van der Waals surface area contributed by atoms with Gasteiger partial charge in [0.05, 0.1) is 11.9 Å². The van der Waals surface area contributed by atoms with E-state index >= 15 is 0 Å². The van der Waals surface area contributed by atoms with Crippen molar-refractivity contribution in [3.05, 3.63) is 53.4 Å². The van der Waals surface area contributed by atoms with Gasteiger partial charge in [0.15, 0.2) is 23.3 Å². The Balaban J connectivity index is 2.37. The van der Waals surface area contributed by atoms with E-state index in [0.29, 0.717) is 0 Å². The van der Waals surface area contributed by atoms with Crippen LogP contribution in [0.3, 0.4) is 0 Å². The van der Waals surface area contributed by atoms with E-state index in [1.54, 1.807) is 0 Å². The lowest BCUT2D eigenvalue weighted by atomic mass is 10.2. The summed E-state index contributed by atoms with van der Waals surface area (Å²) >= 11 is 0. The van der Waals surface area contributed by atoms with Gasteiger partial charge in [-0.2, -0.15) is 0 Å². The van der Waals surface area contributed by atoms with E-state index in [4.69, 9.17) is 5.11 Å². The third-order valence-corrected chi connectivity index (χ3v) is 2.36. The van der Waals surface area contributed by atoms with Gasteiger partial charge in [-0.3, -0.25) is 0 Å². The van der Waals surface area contributed by atoms with Gasteiger partial charge < -0.3 is 10.4 Å². The molecule has 8 heteroatoms. The molecule has 0 fully saturated rings. The van der Waals surface area contributed by atoms with Crippen LogP contribution in [0.5, 0.6) is 0 Å². The summed E-state index contributed by atoms with van der Waals surface area (Å²) in [5.41, 5.74) is -1.34. The lowest BCUT2D eigenvalue weighted by molar-refractivity contribution is 0.0690. The molecule has 0 bridgehead atoms. The van der Waals surface area contributed by atoms with E-state index in [1.165, 1.54) is 0 Å². The van der Waals surface area contributed by atoms with Crippen LogP contribution in [-0.4, -0.2) is 16.1 Å². The highest BCUT2D eigenvalue weighted by Crippen LogP contribution is 2.27. The molecule has 4 nitrogen and oxygen atoms in total. The Morgan fingerprint density at radius 1 is 1.10 bits per heavy atom. The molecule has 2 N–H and O–H groups in total. The molecule has 20 heavy (non-hydrogen) atoms. The summed E-state index contributed by atoms with van der Waals surface area (Å²) in [7, 11) is 0. The molecule has 1 aromatic heterocycles. The maximum absolute atomic E-state index is 13.4. The minimum atomic E-state index is -1.59. The second-order valence-corrected chi connectivity index (χ2v) is 3.71. The third kappa shape index (κ3) is 2.53. The van der Waals surface area contributed by atoms with Crippen LogP contribution in [0, 0.1) is 23.3 Å². The first-order chi connectivity index (χ1) is 9.40. The van der Waals surface area contributed by atoms with Crippen LogP contribution in [0.25, 0.3) is 0 Å². The van der Waals surface area contributed by atoms with Gasteiger partial charge in [-0.05, 0) is 12.1 Å². The van der Waals surface area contributed by atoms with Crippen LogP contribution in [0.15, 0.2) is 24.4 Å². The van der Waals surface area contributed by atoms with Crippen molar-refractivity contribution in [2.75, 3.05) is 5.32 Å². The number of hydrogen-bond donors (Lipinski definition) is 2. The average molecular weight is 286 g/mol. The van der Waals surface area contributed by atoms with Gasteiger partial charge >= 0.3 is 5.97 Å². The number of nitrogens with zero attached hydrogens (tertiary/aromatic N) is 1. The van der Waals surface area contributed by atoms with Crippen molar-refractivity contribution in [3.8, 4) is 0 Å². The molecule has 0 atom stereocenters. The zero-order chi connectivity index (χ0) is 14.9. The van der Waals surface area contributed by atoms with Crippen molar-refractivity contribution in [2.45, 2.75) is 0 Å². The number of carboxylic acid groups (broad SMARTS) is 1. The molecule has 0 spiro atoms. The number of rotatable bonds is 3. The summed E-state index contributed by atoms with van der Waals surface area (Å²) in [6.45, 7) is 0. The Hall–Kier alpha value is -2.64. The van der Waals surface area contributed by atoms with Crippen molar-refractivity contribution in [2.24, 2.45) is 0 Å². The van der Waals surface area contributed by atoms with E-state index in [1.807, 2.05) is 0 Å². The van der Waals surface area contributed by atoms with E-state index in [9.17, 15) is 22.4 Å². The number of carboxylic acids is 1.